The van der Waals surface area contributed by atoms with Gasteiger partial charge in [-0.3, -0.25) is 0 Å². The molecule has 0 unspecified atom stereocenters. The number of sulfone groups is 1. The second kappa shape index (κ2) is 9.71. The average Bonchev–Trinajstić information content (AvgIpc) is 2.76. The van der Waals surface area contributed by atoms with Crippen LogP contribution in [0.25, 0.3) is 0 Å². The second-order valence-corrected chi connectivity index (χ2v) is 11.2. The van der Waals surface area contributed by atoms with Crippen molar-refractivity contribution in [3.05, 3.63) is 105 Å². The van der Waals surface area contributed by atoms with Crippen LogP contribution in [0.4, 0.5) is 0 Å². The van der Waals surface area contributed by atoms with Gasteiger partial charge in [0.15, 0.2) is 0 Å². The number of halogens is 2. The highest BCUT2D eigenvalue weighted by molar-refractivity contribution is 9.10. The minimum absolute atomic E-state index is 0.101. The smallest absolute Gasteiger partial charge is 0.210 e. The second-order valence-electron chi connectivity index (χ2n) is 7.50. The summed E-state index contributed by atoms with van der Waals surface area (Å²) in [5, 5.41) is 0. The third-order valence-electron chi connectivity index (χ3n) is 4.88. The molecule has 0 spiro atoms. The molecule has 0 saturated carbocycles. The van der Waals surface area contributed by atoms with E-state index in [4.69, 9.17) is 9.47 Å². The summed E-state index contributed by atoms with van der Waals surface area (Å²) in [4.78, 5) is 0.257. The van der Waals surface area contributed by atoms with Gasteiger partial charge >= 0.3 is 0 Å². The summed E-state index contributed by atoms with van der Waals surface area (Å²) in [5.74, 6) is 2.07. The summed E-state index contributed by atoms with van der Waals surface area (Å²) in [5.41, 5.74) is 1.94. The van der Waals surface area contributed by atoms with Gasteiger partial charge in [-0.2, -0.15) is 0 Å². The van der Waals surface area contributed by atoms with E-state index in [0.29, 0.717) is 17.2 Å². The molecule has 168 valence electrons. The van der Waals surface area contributed by atoms with Crippen LogP contribution in [-0.2, 0) is 9.84 Å². The monoisotopic (exact) mass is 586 g/mol. The molecule has 0 atom stereocenters. The molecule has 0 amide bonds. The third-order valence-corrected chi connectivity index (χ3v) is 7.64. The van der Waals surface area contributed by atoms with Crippen molar-refractivity contribution in [1.82, 2.24) is 0 Å². The molecule has 4 aromatic rings. The lowest BCUT2D eigenvalue weighted by Crippen LogP contribution is -2.04. The average molecular weight is 588 g/mol. The van der Waals surface area contributed by atoms with Crippen LogP contribution in [0.5, 0.6) is 23.0 Å². The summed E-state index contributed by atoms with van der Waals surface area (Å²) in [7, 11) is -3.81. The minimum atomic E-state index is -3.81. The van der Waals surface area contributed by atoms with Crippen LogP contribution < -0.4 is 9.47 Å². The Balaban J connectivity index is 1.62. The molecular weight excluding hydrogens is 568 g/mol. The number of hydrogen-bond donors (Lipinski definition) is 0. The minimum Gasteiger partial charge on any atom is -0.457 e. The largest absolute Gasteiger partial charge is 0.457 e. The topological polar surface area (TPSA) is 52.6 Å². The zero-order chi connectivity index (χ0) is 23.6. The zero-order valence-corrected chi connectivity index (χ0v) is 21.9. The van der Waals surface area contributed by atoms with Gasteiger partial charge in [0.05, 0.1) is 4.90 Å². The Morgan fingerprint density at radius 2 is 1.39 bits per heavy atom. The van der Waals surface area contributed by atoms with Crippen molar-refractivity contribution in [2.24, 2.45) is 0 Å². The van der Waals surface area contributed by atoms with Gasteiger partial charge in [-0.25, -0.2) is 8.42 Å². The molecule has 0 aromatic heterocycles. The maximum Gasteiger partial charge on any atom is 0.210 e. The SMILES string of the molecule is Cc1cc(Br)cc(Oc2ccc(S(=O)(=O)c3ccccc3Oc3ccc(Br)cc3C)cc2)c1. The van der Waals surface area contributed by atoms with Crippen molar-refractivity contribution < 1.29 is 17.9 Å². The van der Waals surface area contributed by atoms with Crippen molar-refractivity contribution in [3.63, 3.8) is 0 Å². The van der Waals surface area contributed by atoms with Crippen molar-refractivity contribution in [3.8, 4) is 23.0 Å². The molecule has 0 fully saturated rings. The molecule has 0 N–H and O–H groups in total. The van der Waals surface area contributed by atoms with Crippen LogP contribution >= 0.6 is 31.9 Å². The summed E-state index contributed by atoms with van der Waals surface area (Å²) in [6.07, 6.45) is 0. The van der Waals surface area contributed by atoms with E-state index in [1.807, 2.05) is 44.2 Å². The molecule has 0 aliphatic carbocycles. The Bertz CT molecular complexity index is 1390. The molecule has 0 bridgehead atoms. The van der Waals surface area contributed by atoms with E-state index in [1.165, 1.54) is 12.1 Å². The first-order chi connectivity index (χ1) is 15.7. The summed E-state index contributed by atoms with van der Waals surface area (Å²) < 4.78 is 40.5. The lowest BCUT2D eigenvalue weighted by atomic mass is 10.2. The highest BCUT2D eigenvalue weighted by Crippen LogP contribution is 2.35. The Labute approximate surface area is 210 Å². The molecule has 4 rings (SSSR count). The first-order valence-electron chi connectivity index (χ1n) is 10.1. The normalized spacial score (nSPS) is 11.3. The van der Waals surface area contributed by atoms with Gasteiger partial charge in [0.2, 0.25) is 9.84 Å². The van der Waals surface area contributed by atoms with Gasteiger partial charge in [-0.05, 0) is 97.8 Å². The lowest BCUT2D eigenvalue weighted by Gasteiger charge is -2.14. The fraction of sp³-hybridized carbons (Fsp3) is 0.0769. The van der Waals surface area contributed by atoms with Gasteiger partial charge in [-0.15, -0.1) is 0 Å². The fourth-order valence-corrected chi connectivity index (χ4v) is 5.76. The van der Waals surface area contributed by atoms with Crippen LogP contribution in [0.2, 0.25) is 0 Å². The quantitative estimate of drug-likeness (QED) is 0.228. The maximum atomic E-state index is 13.4. The van der Waals surface area contributed by atoms with E-state index in [1.54, 1.807) is 42.5 Å². The van der Waals surface area contributed by atoms with Gasteiger partial charge in [-0.1, -0.05) is 44.0 Å². The van der Waals surface area contributed by atoms with Gasteiger partial charge in [0, 0.05) is 8.95 Å². The van der Waals surface area contributed by atoms with Crippen LogP contribution in [-0.4, -0.2) is 8.42 Å². The van der Waals surface area contributed by atoms with E-state index >= 15 is 0 Å². The standard InChI is InChI=1S/C26H20Br2O4S/c1-17-13-20(28)16-22(14-17)31-21-8-10-23(11-9-21)33(29,30)26-6-4-3-5-25(26)32-24-12-7-19(27)15-18(24)2/h3-16H,1-2H3. The molecule has 0 radical (unpaired) electrons. The highest BCUT2D eigenvalue weighted by atomic mass is 79.9. The molecule has 7 heteroatoms. The first kappa shape index (κ1) is 23.5. The Hall–Kier alpha value is -2.61. The zero-order valence-electron chi connectivity index (χ0n) is 17.9. The predicted molar refractivity (Wildman–Crippen MR) is 136 cm³/mol. The number of hydrogen-bond acceptors (Lipinski definition) is 4. The van der Waals surface area contributed by atoms with E-state index in [2.05, 4.69) is 31.9 Å². The van der Waals surface area contributed by atoms with Crippen LogP contribution in [0, 0.1) is 13.8 Å². The van der Waals surface area contributed by atoms with Crippen LogP contribution in [0.1, 0.15) is 11.1 Å². The van der Waals surface area contributed by atoms with Crippen molar-refractivity contribution in [2.75, 3.05) is 0 Å². The van der Waals surface area contributed by atoms with Gasteiger partial charge < -0.3 is 9.47 Å². The molecule has 0 aliphatic heterocycles. The summed E-state index contributed by atoms with van der Waals surface area (Å²) >= 11 is 6.88. The molecule has 4 nitrogen and oxygen atoms in total. The number of rotatable bonds is 6. The highest BCUT2D eigenvalue weighted by Gasteiger charge is 2.23. The maximum absolute atomic E-state index is 13.4. The first-order valence-corrected chi connectivity index (χ1v) is 13.1. The number of para-hydroxylation sites is 1. The van der Waals surface area contributed by atoms with E-state index in [0.717, 1.165) is 20.1 Å². The molecular formula is C26H20Br2O4S. The Morgan fingerprint density at radius 1 is 0.667 bits per heavy atom. The Kier molecular flexibility index (Phi) is 6.93. The predicted octanol–water partition coefficient (Wildman–Crippen LogP) is 8.25. The lowest BCUT2D eigenvalue weighted by molar-refractivity contribution is 0.464. The molecule has 0 aliphatic rings. The van der Waals surface area contributed by atoms with Crippen molar-refractivity contribution in [2.45, 2.75) is 23.6 Å². The van der Waals surface area contributed by atoms with Crippen LogP contribution in [0.15, 0.2) is 104 Å². The molecule has 33 heavy (non-hydrogen) atoms. The summed E-state index contributed by atoms with van der Waals surface area (Å²) in [6.45, 7) is 3.88. The van der Waals surface area contributed by atoms with Crippen LogP contribution in [0.3, 0.4) is 0 Å². The van der Waals surface area contributed by atoms with Crippen molar-refractivity contribution in [1.29, 1.82) is 0 Å². The van der Waals surface area contributed by atoms with Gasteiger partial charge in [0.25, 0.3) is 0 Å². The number of aryl methyl sites for hydroxylation is 2. The number of ether oxygens (including phenoxy) is 2. The molecule has 0 saturated heterocycles. The summed E-state index contributed by atoms with van der Waals surface area (Å²) in [6, 6.07) is 24.3. The fourth-order valence-electron chi connectivity index (χ4n) is 3.31. The molecule has 0 heterocycles. The van der Waals surface area contributed by atoms with E-state index in [-0.39, 0.29) is 15.5 Å². The van der Waals surface area contributed by atoms with E-state index in [9.17, 15) is 8.42 Å². The number of benzene rings is 4. The van der Waals surface area contributed by atoms with Crippen molar-refractivity contribution >= 4 is 41.7 Å². The Morgan fingerprint density at radius 3 is 2.09 bits per heavy atom. The third kappa shape index (κ3) is 5.49. The van der Waals surface area contributed by atoms with Gasteiger partial charge in [0.1, 0.15) is 27.9 Å². The van der Waals surface area contributed by atoms with E-state index < -0.39 is 9.84 Å². The molecule has 4 aromatic carbocycles.